The third-order valence-corrected chi connectivity index (χ3v) is 18.9. The van der Waals surface area contributed by atoms with Gasteiger partial charge in [0.1, 0.15) is 73.6 Å². The van der Waals surface area contributed by atoms with Gasteiger partial charge in [-0.25, -0.2) is 30.9 Å². The maximum Gasteiger partial charge on any atom is 0.388 e. The molecule has 3 aromatic carbocycles. The molecule has 16 rings (SSSR count). The molecule has 14 N–H and O–H groups in total. The smallest absolute Gasteiger partial charge is 0.388 e. The summed E-state index contributed by atoms with van der Waals surface area (Å²) in [6.07, 6.45) is 24.7. The molecule has 10 aromatic rings. The van der Waals surface area contributed by atoms with Gasteiger partial charge in [0.2, 0.25) is 12.0 Å². The summed E-state index contributed by atoms with van der Waals surface area (Å²) in [6.45, 7) is 9.75. The monoisotopic (exact) mass is 2010 g/mol. The van der Waals surface area contributed by atoms with E-state index in [0.717, 1.165) is 52.9 Å². The van der Waals surface area contributed by atoms with E-state index in [2.05, 4.69) is 90.8 Å². The Morgan fingerprint density at radius 1 is 0.549 bits per heavy atom. The van der Waals surface area contributed by atoms with Crippen molar-refractivity contribution in [1.29, 1.82) is 5.41 Å². The minimum absolute atomic E-state index is 0.00997. The van der Waals surface area contributed by atoms with Crippen LogP contribution in [0.25, 0.3) is 0 Å². The third-order valence-electron chi connectivity index (χ3n) is 18.4. The number of hydrogen-bond acceptors (Lipinski definition) is 43. The van der Waals surface area contributed by atoms with Crippen LogP contribution in [0.3, 0.4) is 0 Å². The molecule has 0 bridgehead atoms. The summed E-state index contributed by atoms with van der Waals surface area (Å²) in [7, 11) is 1.20. The van der Waals surface area contributed by atoms with E-state index in [9.17, 15) is 72.0 Å². The second kappa shape index (κ2) is 53.9. The molecule has 7 aromatic heterocycles. The minimum atomic E-state index is -3.72. The zero-order valence-electron chi connectivity index (χ0n) is 78.6. The van der Waals surface area contributed by atoms with Crippen LogP contribution in [0.4, 0.5) is 67.6 Å². The summed E-state index contributed by atoms with van der Waals surface area (Å²) < 4.78 is 61.2. The molecule has 54 heteroatoms. The van der Waals surface area contributed by atoms with E-state index in [0.29, 0.717) is 145 Å². The first kappa shape index (κ1) is 111. The topological polar surface area (TPSA) is 721 Å². The first-order chi connectivity index (χ1) is 68.5. The Hall–Kier alpha value is -18.7. The van der Waals surface area contributed by atoms with Gasteiger partial charge in [-0.2, -0.15) is 24.0 Å². The molecule has 144 heavy (non-hydrogen) atoms. The predicted octanol–water partition coefficient (Wildman–Crippen LogP) is 5.33. The van der Waals surface area contributed by atoms with Crippen LogP contribution in [0.2, 0.25) is 0 Å². The number of imide groups is 2. The molecule has 3 aliphatic heterocycles. The number of amides is 4. The van der Waals surface area contributed by atoms with Crippen molar-refractivity contribution in [3.8, 4) is 11.5 Å². The quantitative estimate of drug-likeness (QED) is 0.00590. The van der Waals surface area contributed by atoms with E-state index in [4.69, 9.17) is 47.4 Å². The number of nitrogens with two attached hydrogens (primary N) is 3. The Bertz CT molecular complexity index is 7260. The Labute approximate surface area is 820 Å². The highest BCUT2D eigenvalue weighted by molar-refractivity contribution is 7.86. The van der Waals surface area contributed by atoms with Gasteiger partial charge in [0.25, 0.3) is 38.1 Å². The standard InChI is InChI=1S/C14H18N5.C14H14N4O3.C14H15N3O2.C13H12N4O3.C12H13N5O.C11H10N4O.C10H9N5O4.2CH4O4S/c1-18(2)12-6-7-14(13(15)9-12)17-16-11-5-4-8-19(3)10-11;1-20-18-6-3-2-4-14(18)17-16-10-9-13-11(8-12(10)19)15-5-7-21-13;1-9-4-5-17(19)14(6-9)16-15-12-7-11(3)13(18)8-10(12)2;18-11-7-10-12(20-6-4-14-10)8-9(11)15-16-13-3-1-2-5-17(13)19;1-8-6-11(10(14)7-9(8)13)15-16-12-4-2-3-5-17(12)18;12-9-3-5-10(6-4-9)13-14-11-2-1-7-15(16)8-11;1-14-9(17)7(8(16)11-10(14)18)13-12-6-4-2-3-5-15(6)19;2*1-6(3,4)5-2/h4-10H,15H2,1-3H3;2-4,6,8-9H,5,7H2,1H3,(H,15,19);4-8,19H,1-3H3;1-3,5,7-8,14,19H,4,6H2;2-7,13,18H,14H2,1H3;1-8H,12H2;2-5,7H,1H3,(H,11,16,18);2*2H,1H3/q+1;;;;;;;;/p-1. The van der Waals surface area contributed by atoms with E-state index in [1.807, 2.05) is 97.7 Å². The molecule has 1 unspecified atom stereocenters. The fourth-order valence-electron chi connectivity index (χ4n) is 11.1. The van der Waals surface area contributed by atoms with Crippen molar-refractivity contribution < 1.29 is 114 Å². The first-order valence-corrected chi connectivity index (χ1v) is 45.5. The number of barbiturate groups is 1. The van der Waals surface area contributed by atoms with Crippen molar-refractivity contribution in [1.82, 2.24) is 29.7 Å². The lowest BCUT2D eigenvalue weighted by atomic mass is 9.99. The molecule has 2 saturated heterocycles. The summed E-state index contributed by atoms with van der Waals surface area (Å²) in [6, 6.07) is 44.1. The minimum Gasteiger partial charge on any atom is -0.710 e. The molecule has 2 fully saturated rings. The first-order valence-electron chi connectivity index (χ1n) is 41.8. The molecule has 0 radical (unpaired) electrons. The Kier molecular flexibility index (Phi) is 41.4. The van der Waals surface area contributed by atoms with Crippen molar-refractivity contribution in [2.45, 2.75) is 33.7 Å². The number of allylic oxidation sites excluding steroid dienone is 9. The number of nitrogens with one attached hydrogen (secondary N) is 4. The number of rotatable bonds is 15. The number of morpholine rings is 1. The van der Waals surface area contributed by atoms with Crippen molar-refractivity contribution in [3.63, 3.8) is 0 Å². The van der Waals surface area contributed by atoms with E-state index < -0.39 is 44.1 Å². The third kappa shape index (κ3) is 36.0. The zero-order valence-corrected chi connectivity index (χ0v) is 80.3. The molecule has 3 aliphatic carbocycles. The maximum atomic E-state index is 11.9. The lowest BCUT2D eigenvalue weighted by Gasteiger charge is -2.23. The number of aromatic nitrogens is 7. The fraction of sp³-hybridized carbons (Fsp3) is 0.178. The van der Waals surface area contributed by atoms with Gasteiger partial charge in [0.15, 0.2) is 52.2 Å². The zero-order chi connectivity index (χ0) is 105. The fourth-order valence-corrected chi connectivity index (χ4v) is 11.1. The van der Waals surface area contributed by atoms with E-state index in [1.165, 1.54) is 92.5 Å². The molecule has 4 amide bonds. The summed E-state index contributed by atoms with van der Waals surface area (Å²) in [4.78, 5) is 65.4. The second-order valence-electron chi connectivity index (χ2n) is 29.9. The van der Waals surface area contributed by atoms with Gasteiger partial charge in [0, 0.05) is 113 Å². The van der Waals surface area contributed by atoms with Crippen molar-refractivity contribution in [2.75, 3.05) is 88.8 Å². The van der Waals surface area contributed by atoms with E-state index in [-0.39, 0.29) is 34.3 Å². The van der Waals surface area contributed by atoms with Crippen LogP contribution in [-0.4, -0.2) is 182 Å². The van der Waals surface area contributed by atoms with Crippen LogP contribution in [0.5, 0.6) is 11.5 Å². The Morgan fingerprint density at radius 3 is 1.75 bits per heavy atom. The summed E-state index contributed by atoms with van der Waals surface area (Å²) in [5.41, 5.74) is 30.0. The normalized spacial score (nSPS) is 15.9. The van der Waals surface area contributed by atoms with Crippen LogP contribution in [0.1, 0.15) is 26.3 Å². The highest BCUT2D eigenvalue weighted by Gasteiger charge is 2.40. The number of ether oxygens (including phenoxy) is 2. The Morgan fingerprint density at radius 2 is 1.12 bits per heavy atom. The van der Waals surface area contributed by atoms with Crippen LogP contribution in [0, 0.1) is 22.7 Å². The highest BCUT2D eigenvalue weighted by atomic mass is 32.2. The summed E-state index contributed by atoms with van der Waals surface area (Å²) in [5.74, 6) is -0.226. The molecular formula is C90H98N30O22S2. The van der Waals surface area contributed by atoms with Gasteiger partial charge in [-0.05, 0) is 193 Å². The van der Waals surface area contributed by atoms with Gasteiger partial charge < -0.3 is 103 Å². The number of hydrogen-bond donors (Lipinski definition) is 11. The van der Waals surface area contributed by atoms with Gasteiger partial charge >= 0.3 is 17.7 Å². The molecular weight excluding hydrogens is 1920 g/mol. The van der Waals surface area contributed by atoms with Crippen LogP contribution < -0.4 is 93.4 Å². The molecule has 0 spiro atoms. The van der Waals surface area contributed by atoms with Gasteiger partial charge in [-0.1, -0.05) is 23.3 Å². The van der Waals surface area contributed by atoms with Gasteiger partial charge in [-0.3, -0.25) is 29.4 Å². The number of carbonyl (C=O) groups is 5. The van der Waals surface area contributed by atoms with Crippen molar-refractivity contribution in [2.24, 2.45) is 84.3 Å². The van der Waals surface area contributed by atoms with Crippen molar-refractivity contribution >= 4 is 135 Å². The number of fused-ring (bicyclic) bond motifs is 2. The maximum absolute atomic E-state index is 11.9. The number of aromatic hydroxyl groups is 1. The number of urea groups is 1. The average Bonchev–Trinajstić information content (AvgIpc) is 0.822. The van der Waals surface area contributed by atoms with E-state index >= 15 is 0 Å². The second-order valence-corrected chi connectivity index (χ2v) is 33.0. The SMILES string of the molecule is CC1=CC(=NN=c2cc(C)ccn2O)C(C)=CC1=O.CC1=CC(=NN=c2ccccn2O)C(N)=CC1=N.CN(C)c1ccc(N=Nc2ccc[n+](C)c2)c(N)c1.CN1C(=O)NC(=O)C(N=Nc2cccc[n+]2[O-])C1=O.CO[n+]1ccccc1N=Nc1cc2c(cc1O)NCCO2.CS(=O)(=O)O[O-].CS(=O)(=O)O[O-].Nc1ccc(N=Nc2ccc[n+]([O-])c2)cc1.O=C1C=C2NCCOC2=CC1=NN=c1ccccn1O. The number of phenols is 1. The number of phenolic OH excluding ortho intramolecular Hbond substituents is 1. The number of aryl methyl sites for hydroxylation is 2. The van der Waals surface area contributed by atoms with Crippen LogP contribution in [-0.2, 0) is 59.9 Å². The number of pyridine rings is 7. The highest BCUT2D eigenvalue weighted by Crippen LogP contribution is 2.39. The number of benzene rings is 3. The van der Waals surface area contributed by atoms with E-state index in [1.54, 1.807) is 148 Å². The number of carbonyl (C=O) groups excluding carboxylic acids is 5. The average molecular weight is 2020 g/mol. The van der Waals surface area contributed by atoms with Gasteiger partial charge in [0.05, 0.1) is 68.8 Å². The molecule has 0 saturated carbocycles. The summed E-state index contributed by atoms with van der Waals surface area (Å²) in [5, 5.41) is 149. The van der Waals surface area contributed by atoms with Gasteiger partial charge in [-0.15, -0.1) is 46.0 Å². The Balaban J connectivity index is 0.000000201. The largest absolute Gasteiger partial charge is 0.710 e. The van der Waals surface area contributed by atoms with Crippen molar-refractivity contribution in [3.05, 3.63) is 322 Å². The molecule has 752 valence electrons. The number of nitrogens with zero attached hydrogens (tertiary/aromatic N) is 23. The number of nitrogen functional groups attached to an aromatic ring is 2. The lowest BCUT2D eigenvalue weighted by Crippen LogP contribution is -2.58. The predicted molar refractivity (Wildman–Crippen MR) is 515 cm³/mol. The molecule has 6 aliphatic rings. The van der Waals surface area contributed by atoms with Crippen LogP contribution in [0.15, 0.2) is 361 Å². The van der Waals surface area contributed by atoms with Crippen LogP contribution >= 0.6 is 0 Å². The number of likely N-dealkylation sites (N-methyl/N-ethyl adjacent to an activating group) is 1. The lowest BCUT2D eigenvalue weighted by molar-refractivity contribution is -0.875. The number of azo groups is 4. The summed E-state index contributed by atoms with van der Waals surface area (Å²) >= 11 is 0. The molecule has 52 nitrogen and oxygen atoms in total. The number of anilines is 4. The molecule has 1 atom stereocenters. The number of ketones is 2. The molecule has 10 heterocycles.